The van der Waals surface area contributed by atoms with Crippen molar-refractivity contribution in [2.24, 2.45) is 0 Å². The molecule has 2 aromatic carbocycles. The molecule has 33 heavy (non-hydrogen) atoms. The lowest BCUT2D eigenvalue weighted by Crippen LogP contribution is -2.13. The van der Waals surface area contributed by atoms with Gasteiger partial charge in [0, 0.05) is 33.9 Å². The Balaban J connectivity index is 1.59. The van der Waals surface area contributed by atoms with Crippen molar-refractivity contribution >= 4 is 10.8 Å². The maximum atomic E-state index is 12.3. The van der Waals surface area contributed by atoms with Gasteiger partial charge < -0.3 is 9.63 Å². The molecule has 0 saturated carbocycles. The number of benzene rings is 2. The predicted molar refractivity (Wildman–Crippen MR) is 129 cm³/mol. The Hall–Kier alpha value is -3.20. The standard InChI is InChI=1S/C25H26N4O3S/c1-16(2)33(31)21-10-8-20(9-11-21)23-14-27-17(3)25(28-23)24-12-22(29-32-24)19-6-4-18(5-7-19)13-26-15-30/h4-12,14,16,26,30H,13,15H2,1-3H3. The van der Waals surface area contributed by atoms with Gasteiger partial charge in [-0.05, 0) is 24.6 Å². The van der Waals surface area contributed by atoms with Gasteiger partial charge in [0.05, 0.1) is 35.1 Å². The van der Waals surface area contributed by atoms with Crippen LogP contribution in [-0.4, -0.2) is 36.4 Å². The molecule has 1 atom stereocenters. The van der Waals surface area contributed by atoms with E-state index in [1.165, 1.54) is 0 Å². The third-order valence-corrected chi connectivity index (χ3v) is 6.79. The Morgan fingerprint density at radius 3 is 2.36 bits per heavy atom. The van der Waals surface area contributed by atoms with Gasteiger partial charge in [-0.1, -0.05) is 55.4 Å². The molecule has 0 fully saturated rings. The molecular weight excluding hydrogens is 436 g/mol. The van der Waals surface area contributed by atoms with Crippen molar-refractivity contribution in [2.45, 2.75) is 37.5 Å². The molecule has 2 aromatic heterocycles. The molecule has 0 spiro atoms. The molecule has 0 aliphatic rings. The largest absolute Gasteiger partial charge is 0.381 e. The Labute approximate surface area is 195 Å². The summed E-state index contributed by atoms with van der Waals surface area (Å²) in [6, 6.07) is 17.3. The topological polar surface area (TPSA) is 101 Å². The highest BCUT2D eigenvalue weighted by Crippen LogP contribution is 2.29. The van der Waals surface area contributed by atoms with Gasteiger partial charge in [-0.15, -0.1) is 0 Å². The third-order valence-electron chi connectivity index (χ3n) is 5.20. The van der Waals surface area contributed by atoms with Crippen LogP contribution in [0.2, 0.25) is 0 Å². The van der Waals surface area contributed by atoms with Gasteiger partial charge in [-0.25, -0.2) is 4.98 Å². The van der Waals surface area contributed by atoms with E-state index in [1.54, 1.807) is 6.20 Å². The SMILES string of the molecule is Cc1ncc(-c2ccc(S(=O)C(C)C)cc2)nc1-c1cc(-c2ccc(CNCO)cc2)no1. The average molecular weight is 463 g/mol. The molecule has 7 nitrogen and oxygen atoms in total. The Morgan fingerprint density at radius 2 is 1.70 bits per heavy atom. The minimum Gasteiger partial charge on any atom is -0.381 e. The summed E-state index contributed by atoms with van der Waals surface area (Å²) in [5, 5.41) is 16.0. The van der Waals surface area contributed by atoms with Crippen molar-refractivity contribution in [3.63, 3.8) is 0 Å². The number of aliphatic hydroxyl groups is 1. The lowest BCUT2D eigenvalue weighted by molar-refractivity contribution is 0.259. The number of nitrogens with zero attached hydrogens (tertiary/aromatic N) is 3. The maximum Gasteiger partial charge on any atom is 0.187 e. The molecule has 0 amide bonds. The van der Waals surface area contributed by atoms with Crippen LogP contribution in [0, 0.1) is 6.92 Å². The van der Waals surface area contributed by atoms with E-state index >= 15 is 0 Å². The second kappa shape index (κ2) is 10.2. The fourth-order valence-corrected chi connectivity index (χ4v) is 4.32. The highest BCUT2D eigenvalue weighted by molar-refractivity contribution is 7.85. The molecule has 0 saturated heterocycles. The van der Waals surface area contributed by atoms with Gasteiger partial charge in [-0.3, -0.25) is 14.5 Å². The normalized spacial score (nSPS) is 12.3. The van der Waals surface area contributed by atoms with Crippen LogP contribution < -0.4 is 5.32 Å². The fourth-order valence-electron chi connectivity index (χ4n) is 3.37. The van der Waals surface area contributed by atoms with Gasteiger partial charge >= 0.3 is 0 Å². The van der Waals surface area contributed by atoms with Crippen LogP contribution in [0.5, 0.6) is 0 Å². The van der Waals surface area contributed by atoms with Crippen molar-refractivity contribution in [1.29, 1.82) is 0 Å². The first-order valence-electron chi connectivity index (χ1n) is 10.7. The third kappa shape index (κ3) is 5.24. The van der Waals surface area contributed by atoms with Crippen LogP contribution in [0.4, 0.5) is 0 Å². The first-order chi connectivity index (χ1) is 16.0. The number of hydrogen-bond donors (Lipinski definition) is 2. The Bertz CT molecular complexity index is 1250. The van der Waals surface area contributed by atoms with E-state index in [1.807, 2.05) is 75.4 Å². The number of rotatable bonds is 8. The maximum absolute atomic E-state index is 12.3. The van der Waals surface area contributed by atoms with Gasteiger partial charge in [-0.2, -0.15) is 0 Å². The molecule has 2 N–H and O–H groups in total. The van der Waals surface area contributed by atoms with E-state index in [0.29, 0.717) is 29.4 Å². The first-order valence-corrected chi connectivity index (χ1v) is 11.9. The second-order valence-corrected chi connectivity index (χ2v) is 9.93. The smallest absolute Gasteiger partial charge is 0.187 e. The molecule has 170 valence electrons. The molecule has 1 unspecified atom stereocenters. The molecule has 0 aliphatic heterocycles. The molecular formula is C25H26N4O3S. The van der Waals surface area contributed by atoms with Crippen LogP contribution in [-0.2, 0) is 17.3 Å². The zero-order valence-electron chi connectivity index (χ0n) is 18.8. The van der Waals surface area contributed by atoms with Crippen LogP contribution in [0.25, 0.3) is 34.0 Å². The van der Waals surface area contributed by atoms with Crippen molar-refractivity contribution in [1.82, 2.24) is 20.4 Å². The predicted octanol–water partition coefficient (Wildman–Crippen LogP) is 4.33. The Morgan fingerprint density at radius 1 is 1.03 bits per heavy atom. The van der Waals surface area contributed by atoms with Crippen molar-refractivity contribution in [3.05, 3.63) is 72.1 Å². The quantitative estimate of drug-likeness (QED) is 0.376. The number of nitrogens with one attached hydrogen (secondary N) is 1. The van der Waals surface area contributed by atoms with E-state index in [2.05, 4.69) is 15.5 Å². The van der Waals surface area contributed by atoms with Crippen LogP contribution in [0.1, 0.15) is 25.1 Å². The fraction of sp³-hybridized carbons (Fsp3) is 0.240. The van der Waals surface area contributed by atoms with Gasteiger partial charge in [0.1, 0.15) is 11.4 Å². The van der Waals surface area contributed by atoms with Crippen LogP contribution >= 0.6 is 0 Å². The summed E-state index contributed by atoms with van der Waals surface area (Å²) >= 11 is 0. The molecule has 4 aromatic rings. The molecule has 8 heteroatoms. The first kappa shape index (κ1) is 23.0. The zero-order valence-corrected chi connectivity index (χ0v) is 19.6. The molecule has 4 rings (SSSR count). The molecule has 2 heterocycles. The monoisotopic (exact) mass is 462 g/mol. The Kier molecular flexibility index (Phi) is 7.08. The van der Waals surface area contributed by atoms with Gasteiger partial charge in [0.15, 0.2) is 5.76 Å². The molecule has 0 bridgehead atoms. The summed E-state index contributed by atoms with van der Waals surface area (Å²) in [4.78, 5) is 10.1. The van der Waals surface area contributed by atoms with Crippen molar-refractivity contribution in [3.8, 4) is 34.0 Å². The summed E-state index contributed by atoms with van der Waals surface area (Å²) in [6.45, 7) is 6.30. The van der Waals surface area contributed by atoms with Crippen molar-refractivity contribution in [2.75, 3.05) is 6.73 Å². The minimum atomic E-state index is -1.03. The van der Waals surface area contributed by atoms with E-state index in [0.717, 1.165) is 27.3 Å². The van der Waals surface area contributed by atoms with Gasteiger partial charge in [0.25, 0.3) is 0 Å². The second-order valence-electron chi connectivity index (χ2n) is 7.92. The van der Waals surface area contributed by atoms with E-state index in [4.69, 9.17) is 14.6 Å². The van der Waals surface area contributed by atoms with E-state index < -0.39 is 10.8 Å². The number of aromatic nitrogens is 3. The molecule has 0 aliphatic carbocycles. The van der Waals surface area contributed by atoms with Crippen LogP contribution in [0.3, 0.4) is 0 Å². The molecule has 0 radical (unpaired) electrons. The van der Waals surface area contributed by atoms with Gasteiger partial charge in [0.2, 0.25) is 0 Å². The summed E-state index contributed by atoms with van der Waals surface area (Å²) in [7, 11) is -1.03. The number of hydrogen-bond acceptors (Lipinski definition) is 7. The summed E-state index contributed by atoms with van der Waals surface area (Å²) in [5.41, 5.74) is 5.66. The van der Waals surface area contributed by atoms with E-state index in [-0.39, 0.29) is 12.0 Å². The van der Waals surface area contributed by atoms with Crippen molar-refractivity contribution < 1.29 is 13.8 Å². The minimum absolute atomic E-state index is 0.0601. The highest BCUT2D eigenvalue weighted by Gasteiger charge is 2.15. The van der Waals surface area contributed by atoms with E-state index in [9.17, 15) is 4.21 Å². The summed E-state index contributed by atoms with van der Waals surface area (Å²) in [6.07, 6.45) is 1.73. The summed E-state index contributed by atoms with van der Waals surface area (Å²) in [5.74, 6) is 0.542. The number of aryl methyl sites for hydroxylation is 1. The lowest BCUT2D eigenvalue weighted by Gasteiger charge is -2.08. The average Bonchev–Trinajstić information content (AvgIpc) is 3.33. The zero-order chi connectivity index (χ0) is 23.4. The highest BCUT2D eigenvalue weighted by atomic mass is 32.2. The lowest BCUT2D eigenvalue weighted by atomic mass is 10.1. The number of aliphatic hydroxyl groups excluding tert-OH is 1. The van der Waals surface area contributed by atoms with Crippen LogP contribution in [0.15, 0.2) is 70.2 Å². The summed E-state index contributed by atoms with van der Waals surface area (Å²) < 4.78 is 17.9.